The molecule has 0 aliphatic carbocycles. The van der Waals surface area contributed by atoms with Gasteiger partial charge in [0.05, 0.1) is 0 Å². The average molecular weight is 497 g/mol. The Bertz CT molecular complexity index is 730. The second-order valence-electron chi connectivity index (χ2n) is 5.11. The lowest BCUT2D eigenvalue weighted by Crippen LogP contribution is -2.42. The maximum Gasteiger partial charge on any atom is 0.252 e. The molecule has 0 bridgehead atoms. The van der Waals surface area contributed by atoms with Gasteiger partial charge in [0.1, 0.15) is 4.21 Å². The number of aliphatic imine (C=N–C) groups is 1. The van der Waals surface area contributed by atoms with Crippen LogP contribution in [0.2, 0.25) is 0 Å². The van der Waals surface area contributed by atoms with Crippen LogP contribution in [0.4, 0.5) is 0 Å². The number of hydrogen-bond acceptors (Lipinski definition) is 4. The third-order valence-electron chi connectivity index (χ3n) is 3.43. The van der Waals surface area contributed by atoms with Crippen LogP contribution in [0.15, 0.2) is 51.2 Å². The molecule has 2 heterocycles. The van der Waals surface area contributed by atoms with E-state index < -0.39 is 10.0 Å². The van der Waals surface area contributed by atoms with Gasteiger partial charge < -0.3 is 15.2 Å². The van der Waals surface area contributed by atoms with Gasteiger partial charge in [0, 0.05) is 52.7 Å². The summed E-state index contributed by atoms with van der Waals surface area (Å²) in [7, 11) is -0.125. The van der Waals surface area contributed by atoms with Crippen LogP contribution in [0.25, 0.3) is 0 Å². The van der Waals surface area contributed by atoms with Crippen molar-refractivity contribution in [3.05, 3.63) is 42.0 Å². The van der Waals surface area contributed by atoms with Gasteiger partial charge in [0.15, 0.2) is 5.96 Å². The molecule has 25 heavy (non-hydrogen) atoms. The van der Waals surface area contributed by atoms with Gasteiger partial charge in [-0.15, -0.1) is 35.3 Å². The first-order valence-electron chi connectivity index (χ1n) is 7.59. The molecule has 2 rings (SSSR count). The van der Waals surface area contributed by atoms with E-state index in [0.717, 1.165) is 13.1 Å². The summed E-state index contributed by atoms with van der Waals surface area (Å²) in [6.45, 7) is 2.40. The third kappa shape index (κ3) is 6.60. The Morgan fingerprint density at radius 1 is 1.24 bits per heavy atom. The molecular weight excluding hydrogens is 473 g/mol. The molecule has 0 aromatic carbocycles. The maximum atomic E-state index is 12.3. The lowest BCUT2D eigenvalue weighted by Gasteiger charge is -2.17. The zero-order chi connectivity index (χ0) is 17.4. The highest BCUT2D eigenvalue weighted by molar-refractivity contribution is 14.0. The van der Waals surface area contributed by atoms with Crippen molar-refractivity contribution >= 4 is 51.3 Å². The Balaban J connectivity index is 0.00000312. The number of likely N-dealkylation sites (N-methyl/N-ethyl adjacent to an activating group) is 1. The van der Waals surface area contributed by atoms with Gasteiger partial charge in [0.2, 0.25) is 0 Å². The molecule has 7 nitrogen and oxygen atoms in total. The van der Waals surface area contributed by atoms with E-state index in [9.17, 15) is 8.42 Å². The van der Waals surface area contributed by atoms with Gasteiger partial charge in [0.25, 0.3) is 10.0 Å². The minimum atomic E-state index is -3.40. The quantitative estimate of drug-likeness (QED) is 0.331. The Morgan fingerprint density at radius 3 is 2.52 bits per heavy atom. The van der Waals surface area contributed by atoms with Crippen LogP contribution in [-0.4, -0.2) is 57.0 Å². The molecule has 0 aliphatic rings. The average Bonchev–Trinajstić information content (AvgIpc) is 3.26. The van der Waals surface area contributed by atoms with Crippen LogP contribution in [0.1, 0.15) is 0 Å². The van der Waals surface area contributed by atoms with Gasteiger partial charge in [-0.3, -0.25) is 4.99 Å². The largest absolute Gasteiger partial charge is 0.355 e. The standard InChI is InChI=1S/C15H23N5O2S2.HI/c1-16-15(18-8-12-20-9-3-4-10-20)17-7-11-19(2)24(21,22)14-6-5-13-23-14;/h3-6,9-10,13H,7-8,11-12H2,1-2H3,(H2,16,17,18);1H. The smallest absolute Gasteiger partial charge is 0.252 e. The number of halogens is 1. The highest BCUT2D eigenvalue weighted by atomic mass is 127. The molecule has 0 atom stereocenters. The van der Waals surface area contributed by atoms with Crippen molar-refractivity contribution in [1.29, 1.82) is 0 Å². The summed E-state index contributed by atoms with van der Waals surface area (Å²) in [5, 5.41) is 8.08. The summed E-state index contributed by atoms with van der Waals surface area (Å²) in [6, 6.07) is 7.32. The zero-order valence-corrected chi connectivity index (χ0v) is 18.2. The minimum Gasteiger partial charge on any atom is -0.355 e. The fraction of sp³-hybridized carbons (Fsp3) is 0.400. The number of hydrogen-bond donors (Lipinski definition) is 2. The number of thiophene rings is 1. The number of nitrogens with zero attached hydrogens (tertiary/aromatic N) is 3. The lowest BCUT2D eigenvalue weighted by atomic mass is 10.5. The summed E-state index contributed by atoms with van der Waals surface area (Å²) in [5.74, 6) is 0.657. The molecule has 0 saturated carbocycles. The Hall–Kier alpha value is -1.11. The first kappa shape index (κ1) is 21.9. The van der Waals surface area contributed by atoms with E-state index in [1.165, 1.54) is 15.6 Å². The van der Waals surface area contributed by atoms with E-state index >= 15 is 0 Å². The van der Waals surface area contributed by atoms with E-state index in [4.69, 9.17) is 0 Å². The molecule has 140 valence electrons. The summed E-state index contributed by atoms with van der Waals surface area (Å²) in [6.07, 6.45) is 4.00. The monoisotopic (exact) mass is 497 g/mol. The predicted molar refractivity (Wildman–Crippen MR) is 113 cm³/mol. The van der Waals surface area contributed by atoms with Crippen molar-refractivity contribution in [1.82, 2.24) is 19.5 Å². The Labute approximate surface area is 170 Å². The van der Waals surface area contributed by atoms with E-state index in [2.05, 4.69) is 20.2 Å². The van der Waals surface area contributed by atoms with Crippen molar-refractivity contribution in [2.45, 2.75) is 10.8 Å². The van der Waals surface area contributed by atoms with E-state index in [0.29, 0.717) is 23.3 Å². The van der Waals surface area contributed by atoms with E-state index in [-0.39, 0.29) is 24.0 Å². The normalized spacial score (nSPS) is 12.0. The van der Waals surface area contributed by atoms with Crippen LogP contribution in [-0.2, 0) is 16.6 Å². The molecule has 0 radical (unpaired) electrons. The van der Waals surface area contributed by atoms with Gasteiger partial charge in [-0.2, -0.15) is 4.31 Å². The van der Waals surface area contributed by atoms with Gasteiger partial charge in [-0.1, -0.05) is 6.07 Å². The van der Waals surface area contributed by atoms with Crippen molar-refractivity contribution < 1.29 is 8.42 Å². The molecule has 2 N–H and O–H groups in total. The predicted octanol–water partition coefficient (Wildman–Crippen LogP) is 1.65. The van der Waals surface area contributed by atoms with Crippen LogP contribution in [0, 0.1) is 0 Å². The number of guanidine groups is 1. The number of rotatable bonds is 8. The number of sulfonamides is 1. The molecule has 0 fully saturated rings. The minimum absolute atomic E-state index is 0. The summed E-state index contributed by atoms with van der Waals surface area (Å²) in [4.78, 5) is 4.14. The molecule has 2 aromatic rings. The Kier molecular flexibility index (Phi) is 9.46. The molecule has 10 heteroatoms. The molecule has 0 spiro atoms. The topological polar surface area (TPSA) is 78.7 Å². The highest BCUT2D eigenvalue weighted by Crippen LogP contribution is 2.19. The second kappa shape index (κ2) is 10.8. The molecule has 0 saturated heterocycles. The van der Waals surface area contributed by atoms with Gasteiger partial charge >= 0.3 is 0 Å². The van der Waals surface area contributed by atoms with Gasteiger partial charge in [-0.25, -0.2) is 8.42 Å². The number of aromatic nitrogens is 1. The second-order valence-corrected chi connectivity index (χ2v) is 8.32. The van der Waals surface area contributed by atoms with Crippen molar-refractivity contribution in [2.24, 2.45) is 4.99 Å². The molecule has 0 unspecified atom stereocenters. The molecule has 0 aliphatic heterocycles. The third-order valence-corrected chi connectivity index (χ3v) is 6.66. The first-order chi connectivity index (χ1) is 11.5. The van der Waals surface area contributed by atoms with Crippen LogP contribution in [0.3, 0.4) is 0 Å². The van der Waals surface area contributed by atoms with Crippen molar-refractivity contribution in [2.75, 3.05) is 33.7 Å². The summed E-state index contributed by atoms with van der Waals surface area (Å²) < 4.78 is 28.4. The van der Waals surface area contributed by atoms with E-state index in [1.54, 1.807) is 31.6 Å². The van der Waals surface area contributed by atoms with Crippen LogP contribution in [0.5, 0.6) is 0 Å². The molecular formula is C15H24IN5O2S2. The summed E-state index contributed by atoms with van der Waals surface area (Å²) >= 11 is 1.22. The van der Waals surface area contributed by atoms with Gasteiger partial charge in [-0.05, 0) is 23.6 Å². The first-order valence-corrected chi connectivity index (χ1v) is 9.91. The molecule has 2 aromatic heterocycles. The lowest BCUT2D eigenvalue weighted by molar-refractivity contribution is 0.471. The van der Waals surface area contributed by atoms with E-state index in [1.807, 2.05) is 24.5 Å². The zero-order valence-electron chi connectivity index (χ0n) is 14.3. The summed E-state index contributed by atoms with van der Waals surface area (Å²) in [5.41, 5.74) is 0. The van der Waals surface area contributed by atoms with Crippen LogP contribution < -0.4 is 10.6 Å². The van der Waals surface area contributed by atoms with Crippen molar-refractivity contribution in [3.8, 4) is 0 Å². The van der Waals surface area contributed by atoms with Crippen molar-refractivity contribution in [3.63, 3.8) is 0 Å². The fourth-order valence-corrected chi connectivity index (χ4v) is 4.43. The maximum absolute atomic E-state index is 12.3. The Morgan fingerprint density at radius 2 is 1.92 bits per heavy atom. The molecule has 0 amide bonds. The fourth-order valence-electron chi connectivity index (χ4n) is 2.06. The highest BCUT2D eigenvalue weighted by Gasteiger charge is 2.21. The van der Waals surface area contributed by atoms with Crippen LogP contribution >= 0.6 is 35.3 Å². The SMILES string of the molecule is CN=C(NCCN(C)S(=O)(=O)c1cccs1)NCCn1cccc1.I. The number of nitrogens with one attached hydrogen (secondary N) is 2.